The fraction of sp³-hybridized carbons (Fsp3) is 0.750. The van der Waals surface area contributed by atoms with Gasteiger partial charge in [0.2, 0.25) is 5.91 Å². The molecule has 0 bridgehead atoms. The molecular weight excluding hydrogens is 510 g/mol. The molecule has 0 saturated carbocycles. The average molecular weight is 548 g/mol. The largest absolute Gasteiger partial charge is 0.465 e. The first-order chi connectivity index (χ1) is 17.8. The monoisotopic (exact) mass is 547 g/mol. The Balaban J connectivity index is 3.74. The Kier molecular flexibility index (Phi) is 13.1. The third-order valence-corrected chi connectivity index (χ3v) is 5.54. The van der Waals surface area contributed by atoms with E-state index in [-0.39, 0.29) is 6.42 Å². The number of esters is 5. The first-order valence-corrected chi connectivity index (χ1v) is 12.1. The van der Waals surface area contributed by atoms with Gasteiger partial charge in [0, 0.05) is 41.2 Å². The van der Waals surface area contributed by atoms with E-state index in [0.29, 0.717) is 12.8 Å². The summed E-state index contributed by atoms with van der Waals surface area (Å²) in [5.41, 5.74) is 0. The maximum Gasteiger partial charge on any atom is 0.366 e. The number of amides is 1. The van der Waals surface area contributed by atoms with E-state index in [1.807, 2.05) is 6.92 Å². The highest BCUT2D eigenvalue weighted by Crippen LogP contribution is 2.36. The zero-order valence-corrected chi connectivity index (χ0v) is 22.7. The van der Waals surface area contributed by atoms with Crippen molar-refractivity contribution in [2.75, 3.05) is 20.8 Å². The lowest BCUT2D eigenvalue weighted by Crippen LogP contribution is -2.69. The van der Waals surface area contributed by atoms with E-state index >= 15 is 0 Å². The lowest BCUT2D eigenvalue weighted by Gasteiger charge is -2.48. The van der Waals surface area contributed by atoms with Gasteiger partial charge >= 0.3 is 29.8 Å². The molecule has 1 saturated heterocycles. The quantitative estimate of drug-likeness (QED) is 0.246. The number of nitrogens with one attached hydrogen (secondary N) is 1. The number of rotatable bonds is 13. The molecule has 0 radical (unpaired) electrons. The van der Waals surface area contributed by atoms with Crippen molar-refractivity contribution >= 4 is 35.8 Å². The number of ether oxygens (including phenoxy) is 7. The average Bonchev–Trinajstić information content (AvgIpc) is 2.83. The topological polar surface area (TPSA) is 179 Å². The zero-order valence-electron chi connectivity index (χ0n) is 22.7. The predicted molar refractivity (Wildman–Crippen MR) is 126 cm³/mol. The number of carbonyl (C=O) groups excluding carboxylic acids is 6. The SMILES string of the molecule is CCCCC(=O)N[C@H]1[C@H]([C@H](OC(C)=O)[C@@H](COC(C)=O)OC(C)=O)O[C@@](OC)(C(=O)OC)C[C@@H]1OC(C)=O. The molecule has 1 amide bonds. The molecule has 216 valence electrons. The summed E-state index contributed by atoms with van der Waals surface area (Å²) in [5.74, 6) is -6.79. The standard InChI is InChI=1S/C24H37NO13/c1-8-9-10-19(30)25-20-17(35-14(3)27)11-24(33-7,23(31)32-6)38-22(20)21(37-16(5)29)18(36-15(4)28)12-34-13(2)26/h17-18,20-22H,8-12H2,1-7H3,(H,25,30)/t17-,18+,20+,21+,22+,24+/m0/s1. The molecule has 0 aliphatic carbocycles. The minimum atomic E-state index is -2.18. The molecule has 14 nitrogen and oxygen atoms in total. The molecule has 1 N–H and O–H groups in total. The highest BCUT2D eigenvalue weighted by atomic mass is 16.7. The summed E-state index contributed by atoms with van der Waals surface area (Å²) in [7, 11) is 2.22. The first kappa shape index (κ1) is 32.8. The second-order valence-corrected chi connectivity index (χ2v) is 8.60. The highest BCUT2D eigenvalue weighted by molar-refractivity contribution is 5.79. The molecule has 6 atom stereocenters. The van der Waals surface area contributed by atoms with Crippen LogP contribution in [0.15, 0.2) is 0 Å². The van der Waals surface area contributed by atoms with Crippen molar-refractivity contribution in [1.82, 2.24) is 5.32 Å². The fourth-order valence-electron chi connectivity index (χ4n) is 3.97. The van der Waals surface area contributed by atoms with Crippen LogP contribution in [-0.2, 0) is 61.9 Å². The van der Waals surface area contributed by atoms with Crippen molar-refractivity contribution in [2.45, 2.75) is 96.5 Å². The molecule has 0 aromatic carbocycles. The second-order valence-electron chi connectivity index (χ2n) is 8.60. The van der Waals surface area contributed by atoms with Gasteiger partial charge in [0.1, 0.15) is 18.8 Å². The zero-order chi connectivity index (χ0) is 29.0. The van der Waals surface area contributed by atoms with Crippen molar-refractivity contribution < 1.29 is 61.9 Å². The second kappa shape index (κ2) is 15.2. The molecule has 0 aromatic rings. The van der Waals surface area contributed by atoms with Crippen molar-refractivity contribution in [3.63, 3.8) is 0 Å². The Bertz CT molecular complexity index is 875. The van der Waals surface area contributed by atoms with E-state index in [0.717, 1.165) is 41.9 Å². The van der Waals surface area contributed by atoms with E-state index in [9.17, 15) is 28.8 Å². The molecule has 1 aliphatic rings. The Morgan fingerprint density at radius 2 is 1.58 bits per heavy atom. The van der Waals surface area contributed by atoms with Gasteiger partial charge in [0.05, 0.1) is 19.6 Å². The first-order valence-electron chi connectivity index (χ1n) is 12.1. The van der Waals surface area contributed by atoms with Crippen LogP contribution >= 0.6 is 0 Å². The maximum atomic E-state index is 12.8. The van der Waals surface area contributed by atoms with Gasteiger partial charge in [-0.15, -0.1) is 0 Å². The molecule has 0 unspecified atom stereocenters. The molecule has 1 rings (SSSR count). The van der Waals surface area contributed by atoms with Crippen LogP contribution in [0.1, 0.15) is 60.3 Å². The smallest absolute Gasteiger partial charge is 0.366 e. The summed E-state index contributed by atoms with van der Waals surface area (Å²) in [4.78, 5) is 73.2. The van der Waals surface area contributed by atoms with E-state index in [2.05, 4.69) is 5.32 Å². The predicted octanol–water partition coefficient (Wildman–Crippen LogP) is 0.324. The van der Waals surface area contributed by atoms with Crippen LogP contribution in [0.5, 0.6) is 0 Å². The van der Waals surface area contributed by atoms with Crippen LogP contribution in [0.4, 0.5) is 0 Å². The van der Waals surface area contributed by atoms with Gasteiger partial charge in [0.15, 0.2) is 12.2 Å². The molecule has 1 fully saturated rings. The summed E-state index contributed by atoms with van der Waals surface area (Å²) in [6.07, 6.45) is -4.84. The number of carbonyl (C=O) groups is 6. The Morgan fingerprint density at radius 3 is 2.05 bits per heavy atom. The van der Waals surface area contributed by atoms with Crippen molar-refractivity contribution in [3.8, 4) is 0 Å². The van der Waals surface area contributed by atoms with Crippen LogP contribution in [0, 0.1) is 0 Å². The Labute approximate surface area is 220 Å². The summed E-state index contributed by atoms with van der Waals surface area (Å²) in [5, 5.41) is 2.72. The van der Waals surface area contributed by atoms with Gasteiger partial charge in [-0.2, -0.15) is 0 Å². The summed E-state index contributed by atoms with van der Waals surface area (Å²) >= 11 is 0. The molecule has 14 heteroatoms. The van der Waals surface area contributed by atoms with Gasteiger partial charge in [-0.1, -0.05) is 13.3 Å². The van der Waals surface area contributed by atoms with Gasteiger partial charge in [0.25, 0.3) is 5.79 Å². The normalized spacial score (nSPS) is 24.2. The maximum absolute atomic E-state index is 12.8. The van der Waals surface area contributed by atoms with E-state index in [4.69, 9.17) is 33.2 Å². The number of methoxy groups -OCH3 is 2. The van der Waals surface area contributed by atoms with Gasteiger partial charge in [-0.05, 0) is 6.42 Å². The van der Waals surface area contributed by atoms with Crippen molar-refractivity contribution in [3.05, 3.63) is 0 Å². The van der Waals surface area contributed by atoms with Crippen molar-refractivity contribution in [2.24, 2.45) is 0 Å². The fourth-order valence-corrected chi connectivity index (χ4v) is 3.97. The summed E-state index contributed by atoms with van der Waals surface area (Å²) in [6.45, 7) is 5.70. The van der Waals surface area contributed by atoms with Crippen LogP contribution in [0.3, 0.4) is 0 Å². The van der Waals surface area contributed by atoms with Gasteiger partial charge < -0.3 is 38.5 Å². The van der Waals surface area contributed by atoms with Gasteiger partial charge in [-0.3, -0.25) is 24.0 Å². The molecule has 1 aliphatic heterocycles. The van der Waals surface area contributed by atoms with E-state index in [1.54, 1.807) is 0 Å². The minimum Gasteiger partial charge on any atom is -0.465 e. The number of unbranched alkanes of at least 4 members (excludes halogenated alkanes) is 1. The molecule has 0 spiro atoms. The third kappa shape index (κ3) is 9.56. The number of hydrogen-bond acceptors (Lipinski definition) is 13. The van der Waals surface area contributed by atoms with Crippen LogP contribution in [-0.4, -0.2) is 92.8 Å². The summed E-state index contributed by atoms with van der Waals surface area (Å²) < 4.78 is 37.4. The summed E-state index contributed by atoms with van der Waals surface area (Å²) in [6, 6.07) is -1.23. The lowest BCUT2D eigenvalue weighted by molar-refractivity contribution is -0.307. The molecule has 38 heavy (non-hydrogen) atoms. The Morgan fingerprint density at radius 1 is 0.947 bits per heavy atom. The van der Waals surface area contributed by atoms with E-state index in [1.165, 1.54) is 0 Å². The number of hydrogen-bond donors (Lipinski definition) is 1. The molecule has 0 aromatic heterocycles. The highest BCUT2D eigenvalue weighted by Gasteiger charge is 2.58. The van der Waals surface area contributed by atoms with Crippen molar-refractivity contribution in [1.29, 1.82) is 0 Å². The minimum absolute atomic E-state index is 0.109. The Hall–Kier alpha value is -3.26. The lowest BCUT2D eigenvalue weighted by atomic mass is 9.87. The van der Waals surface area contributed by atoms with Gasteiger partial charge in [-0.25, -0.2) is 4.79 Å². The van der Waals surface area contributed by atoms with Crippen LogP contribution < -0.4 is 5.32 Å². The van der Waals surface area contributed by atoms with Crippen LogP contribution in [0.2, 0.25) is 0 Å². The third-order valence-electron chi connectivity index (χ3n) is 5.54. The van der Waals surface area contributed by atoms with E-state index < -0.39 is 85.0 Å². The molecule has 1 heterocycles. The molecular formula is C24H37NO13. The van der Waals surface area contributed by atoms with Crippen LogP contribution in [0.25, 0.3) is 0 Å².